The van der Waals surface area contributed by atoms with Gasteiger partial charge in [0.15, 0.2) is 0 Å². The van der Waals surface area contributed by atoms with E-state index in [0.717, 1.165) is 54.7 Å². The summed E-state index contributed by atoms with van der Waals surface area (Å²) in [5, 5.41) is 0. The van der Waals surface area contributed by atoms with Crippen molar-refractivity contribution in [1.82, 2.24) is 14.4 Å². The number of thioether (sulfide) groups is 1. The molecule has 1 saturated carbocycles. The van der Waals surface area contributed by atoms with E-state index in [4.69, 9.17) is 0 Å². The average molecular weight is 550 g/mol. The van der Waals surface area contributed by atoms with Crippen molar-refractivity contribution < 1.29 is 14.0 Å². The Morgan fingerprint density at radius 2 is 1.69 bits per heavy atom. The largest absolute Gasteiger partial charge is 0.345 e. The van der Waals surface area contributed by atoms with E-state index >= 15 is 0 Å². The van der Waals surface area contributed by atoms with E-state index in [-0.39, 0.29) is 30.2 Å². The van der Waals surface area contributed by atoms with Crippen LogP contribution in [0, 0.1) is 5.82 Å². The van der Waals surface area contributed by atoms with Crippen LogP contribution in [0.5, 0.6) is 0 Å². The first kappa shape index (κ1) is 28.9. The number of nitrogens with zero attached hydrogens (tertiary/aromatic N) is 3. The molecule has 0 spiro atoms. The van der Waals surface area contributed by atoms with Crippen LogP contribution in [0.15, 0.2) is 77.8 Å². The first-order valence-electron chi connectivity index (χ1n) is 14.2. The van der Waals surface area contributed by atoms with Crippen LogP contribution >= 0.6 is 11.8 Å². The number of hydrogen-bond acceptors (Lipinski definition) is 3. The van der Waals surface area contributed by atoms with Crippen molar-refractivity contribution in [2.75, 3.05) is 18.8 Å². The molecule has 1 fully saturated rings. The minimum absolute atomic E-state index is 0.00827. The van der Waals surface area contributed by atoms with Crippen LogP contribution in [0.3, 0.4) is 0 Å². The van der Waals surface area contributed by atoms with Crippen LogP contribution in [0.4, 0.5) is 4.39 Å². The third-order valence-corrected chi connectivity index (χ3v) is 8.42. The lowest BCUT2D eigenvalue weighted by molar-refractivity contribution is -0.141. The molecule has 0 unspecified atom stereocenters. The Bertz CT molecular complexity index is 1180. The van der Waals surface area contributed by atoms with Gasteiger partial charge < -0.3 is 14.4 Å². The lowest BCUT2D eigenvalue weighted by Crippen LogP contribution is -2.48. The van der Waals surface area contributed by atoms with Crippen molar-refractivity contribution in [2.24, 2.45) is 0 Å². The minimum atomic E-state index is -0.245. The molecule has 0 N–H and O–H groups in total. The fraction of sp³-hybridized carbons (Fsp3) is 0.438. The number of carbonyl (C=O) groups excluding carboxylic acids is 2. The zero-order valence-electron chi connectivity index (χ0n) is 22.9. The molecule has 0 saturated heterocycles. The van der Waals surface area contributed by atoms with Crippen molar-refractivity contribution in [3.05, 3.63) is 90.0 Å². The van der Waals surface area contributed by atoms with Crippen molar-refractivity contribution >= 4 is 23.6 Å². The Morgan fingerprint density at radius 1 is 0.949 bits per heavy atom. The third-order valence-electron chi connectivity index (χ3n) is 7.42. The molecule has 1 aromatic heterocycles. The van der Waals surface area contributed by atoms with Crippen LogP contribution in [0.25, 0.3) is 0 Å². The Labute approximate surface area is 236 Å². The summed E-state index contributed by atoms with van der Waals surface area (Å²) in [5.74, 6) is 0.106. The molecule has 7 heteroatoms. The summed E-state index contributed by atoms with van der Waals surface area (Å²) in [6, 6.07) is 20.7. The van der Waals surface area contributed by atoms with Crippen LogP contribution in [0.2, 0.25) is 0 Å². The average Bonchev–Trinajstić information content (AvgIpc) is 3.41. The second-order valence-electron chi connectivity index (χ2n) is 10.3. The fourth-order valence-corrected chi connectivity index (χ4v) is 5.99. The second kappa shape index (κ2) is 14.9. The number of rotatable bonds is 13. The van der Waals surface area contributed by atoms with E-state index < -0.39 is 0 Å². The normalized spacial score (nSPS) is 13.8. The number of aromatic nitrogens is 1. The predicted octanol–water partition coefficient (Wildman–Crippen LogP) is 6.76. The minimum Gasteiger partial charge on any atom is -0.345 e. The Hall–Kier alpha value is -3.06. The highest BCUT2D eigenvalue weighted by Crippen LogP contribution is 2.25. The SMILES string of the molecule is CCCCN(CC(=O)N(Cc1cccn1Cc1ccc(F)cc1)C1CCCCC1)C(=O)CSc1ccccc1. The summed E-state index contributed by atoms with van der Waals surface area (Å²) in [5.41, 5.74) is 2.06. The summed E-state index contributed by atoms with van der Waals surface area (Å²) in [7, 11) is 0. The highest BCUT2D eigenvalue weighted by atomic mass is 32.2. The van der Waals surface area contributed by atoms with Gasteiger partial charge in [0.1, 0.15) is 5.82 Å². The molecule has 0 atom stereocenters. The summed E-state index contributed by atoms with van der Waals surface area (Å²) in [6.07, 6.45) is 9.30. The van der Waals surface area contributed by atoms with E-state index in [2.05, 4.69) is 17.6 Å². The van der Waals surface area contributed by atoms with Crippen molar-refractivity contribution in [3.8, 4) is 0 Å². The van der Waals surface area contributed by atoms with E-state index in [1.54, 1.807) is 17.0 Å². The van der Waals surface area contributed by atoms with Gasteiger partial charge in [-0.25, -0.2) is 4.39 Å². The number of carbonyl (C=O) groups is 2. The molecular weight excluding hydrogens is 509 g/mol. The van der Waals surface area contributed by atoms with Gasteiger partial charge in [-0.3, -0.25) is 9.59 Å². The lowest BCUT2D eigenvalue weighted by Gasteiger charge is -2.36. The summed E-state index contributed by atoms with van der Waals surface area (Å²) >= 11 is 1.52. The van der Waals surface area contributed by atoms with Gasteiger partial charge in [0.05, 0.1) is 18.8 Å². The fourth-order valence-electron chi connectivity index (χ4n) is 5.17. The molecule has 0 aliphatic heterocycles. The molecule has 4 rings (SSSR count). The van der Waals surface area contributed by atoms with E-state index in [9.17, 15) is 14.0 Å². The van der Waals surface area contributed by atoms with Gasteiger partial charge in [-0.15, -0.1) is 11.8 Å². The molecule has 3 aromatic rings. The van der Waals surface area contributed by atoms with Crippen LogP contribution in [-0.4, -0.2) is 51.1 Å². The predicted molar refractivity (Wildman–Crippen MR) is 156 cm³/mol. The second-order valence-corrected chi connectivity index (χ2v) is 11.4. The molecule has 208 valence electrons. The molecule has 0 radical (unpaired) electrons. The van der Waals surface area contributed by atoms with E-state index in [1.165, 1.54) is 30.3 Å². The maximum absolute atomic E-state index is 13.9. The maximum atomic E-state index is 13.9. The zero-order chi connectivity index (χ0) is 27.5. The van der Waals surface area contributed by atoms with Gasteiger partial charge in [0.2, 0.25) is 11.8 Å². The Balaban J connectivity index is 1.47. The van der Waals surface area contributed by atoms with Gasteiger partial charge in [-0.1, -0.05) is 62.9 Å². The molecule has 2 aromatic carbocycles. The van der Waals surface area contributed by atoms with Crippen LogP contribution in [0.1, 0.15) is 63.1 Å². The monoisotopic (exact) mass is 549 g/mol. The maximum Gasteiger partial charge on any atom is 0.242 e. The van der Waals surface area contributed by atoms with E-state index in [1.807, 2.05) is 47.5 Å². The highest BCUT2D eigenvalue weighted by Gasteiger charge is 2.28. The molecule has 5 nitrogen and oxygen atoms in total. The van der Waals surface area contributed by atoms with Gasteiger partial charge >= 0.3 is 0 Å². The topological polar surface area (TPSA) is 45.6 Å². The van der Waals surface area contributed by atoms with Gasteiger partial charge in [0.25, 0.3) is 0 Å². The molecule has 1 heterocycles. The first-order valence-corrected chi connectivity index (χ1v) is 15.2. The molecule has 39 heavy (non-hydrogen) atoms. The van der Waals surface area contributed by atoms with Crippen molar-refractivity contribution in [2.45, 2.75) is 75.9 Å². The summed E-state index contributed by atoms with van der Waals surface area (Å²) in [6.45, 7) is 3.94. The van der Waals surface area contributed by atoms with Crippen molar-refractivity contribution in [1.29, 1.82) is 0 Å². The van der Waals surface area contributed by atoms with Crippen LogP contribution < -0.4 is 0 Å². The molecular formula is C32H40FN3O2S. The molecule has 1 aliphatic rings. The number of halogens is 1. The lowest BCUT2D eigenvalue weighted by atomic mass is 9.94. The summed E-state index contributed by atoms with van der Waals surface area (Å²) in [4.78, 5) is 32.0. The third kappa shape index (κ3) is 8.72. The van der Waals surface area contributed by atoms with Crippen molar-refractivity contribution in [3.63, 3.8) is 0 Å². The molecule has 0 bridgehead atoms. The number of hydrogen-bond donors (Lipinski definition) is 0. The smallest absolute Gasteiger partial charge is 0.242 e. The quantitative estimate of drug-likeness (QED) is 0.221. The summed E-state index contributed by atoms with van der Waals surface area (Å²) < 4.78 is 15.5. The van der Waals surface area contributed by atoms with Gasteiger partial charge in [-0.05, 0) is 61.2 Å². The Kier molecular flexibility index (Phi) is 11.1. The van der Waals surface area contributed by atoms with Crippen LogP contribution in [-0.2, 0) is 22.7 Å². The zero-order valence-corrected chi connectivity index (χ0v) is 23.8. The number of benzene rings is 2. The van der Waals surface area contributed by atoms with Gasteiger partial charge in [-0.2, -0.15) is 0 Å². The standard InChI is InChI=1S/C32H40FN3O2S/c1-2-3-20-35(32(38)25-39-30-14-8-5-9-15-30)24-31(37)36(28-11-6-4-7-12-28)23-29-13-10-21-34(29)22-26-16-18-27(33)19-17-26/h5,8-10,13-19,21,28H,2-4,6-7,11-12,20,22-25H2,1H3. The number of unbranched alkanes of at least 4 members (excludes halogenated alkanes) is 1. The van der Waals surface area contributed by atoms with Gasteiger partial charge in [0, 0.05) is 35.9 Å². The van der Waals surface area contributed by atoms with E-state index in [0.29, 0.717) is 25.4 Å². The Morgan fingerprint density at radius 3 is 2.41 bits per heavy atom. The number of amides is 2. The molecule has 2 amide bonds. The molecule has 1 aliphatic carbocycles. The highest BCUT2D eigenvalue weighted by molar-refractivity contribution is 8.00. The first-order chi connectivity index (χ1) is 19.0.